The van der Waals surface area contributed by atoms with Crippen LogP contribution in [0, 0.1) is 5.92 Å². The van der Waals surface area contributed by atoms with Gasteiger partial charge in [0.15, 0.2) is 13.9 Å². The summed E-state index contributed by atoms with van der Waals surface area (Å²) >= 11 is 0. The van der Waals surface area contributed by atoms with E-state index < -0.39 is 31.5 Å². The number of hydrogen-bond donors (Lipinski definition) is 2. The number of nitrogens with zero attached hydrogens (tertiary/aromatic N) is 3. The highest BCUT2D eigenvalue weighted by molar-refractivity contribution is 6.71. The van der Waals surface area contributed by atoms with Crippen LogP contribution < -0.4 is 9.80 Å². The molecule has 3 saturated heterocycles. The van der Waals surface area contributed by atoms with Crippen LogP contribution in [-0.4, -0.2) is 72.7 Å². The number of hydrogen-bond acceptors (Lipinski definition) is 6. The summed E-state index contributed by atoms with van der Waals surface area (Å²) in [4.78, 5) is 57.1. The molecule has 40 heavy (non-hydrogen) atoms. The molecule has 4 aliphatic heterocycles. The van der Waals surface area contributed by atoms with E-state index in [0.29, 0.717) is 42.1 Å². The van der Waals surface area contributed by atoms with Crippen molar-refractivity contribution in [2.45, 2.75) is 69.0 Å². The van der Waals surface area contributed by atoms with Gasteiger partial charge in [-0.25, -0.2) is 0 Å². The van der Waals surface area contributed by atoms with E-state index in [1.807, 2.05) is 68.5 Å². The summed E-state index contributed by atoms with van der Waals surface area (Å²) in [6.45, 7) is 6.74. The van der Waals surface area contributed by atoms with Gasteiger partial charge in [-0.05, 0) is 56.3 Å². The van der Waals surface area contributed by atoms with Crippen LogP contribution in [0.1, 0.15) is 38.2 Å². The molecule has 4 aliphatic rings. The second kappa shape index (κ2) is 9.80. The highest BCUT2D eigenvalue weighted by atomic mass is 28.4. The fourth-order valence-corrected chi connectivity index (χ4v) is 9.98. The summed E-state index contributed by atoms with van der Waals surface area (Å²) in [7, 11) is -2.95. The number of benzene rings is 2. The molecule has 0 unspecified atom stereocenters. The molecule has 4 heterocycles. The normalized spacial score (nSPS) is 29.9. The molecule has 2 N–H and O–H groups in total. The SMILES string of the molecule is C[C@H]1[C@H]([Si](C)(C)O)[C@@H](CC(=O)N2CCC[C@H]2CO)O[C@]12C(=O)N(c1ccccc1)c1ccc(N3CCC3=O)cc12. The molecule has 2 aromatic rings. The van der Waals surface area contributed by atoms with Gasteiger partial charge >= 0.3 is 0 Å². The molecule has 3 amide bonds. The first-order chi connectivity index (χ1) is 19.1. The van der Waals surface area contributed by atoms with E-state index >= 15 is 0 Å². The lowest BCUT2D eigenvalue weighted by atomic mass is 9.82. The molecule has 1 spiro atoms. The Morgan fingerprint density at radius 3 is 2.48 bits per heavy atom. The molecule has 212 valence electrons. The van der Waals surface area contributed by atoms with Crippen molar-refractivity contribution >= 4 is 43.1 Å². The smallest absolute Gasteiger partial charge is 0.268 e. The summed E-state index contributed by atoms with van der Waals surface area (Å²) in [5.41, 5.74) is 0.954. The monoisotopic (exact) mass is 563 g/mol. The molecule has 0 saturated carbocycles. The maximum absolute atomic E-state index is 14.6. The molecule has 0 aromatic heterocycles. The second-order valence-electron chi connectivity index (χ2n) is 12.1. The van der Waals surface area contributed by atoms with Gasteiger partial charge in [0.25, 0.3) is 5.91 Å². The molecule has 5 atom stereocenters. The van der Waals surface area contributed by atoms with Crippen molar-refractivity contribution in [3.8, 4) is 0 Å². The van der Waals surface area contributed by atoms with Gasteiger partial charge in [0, 0.05) is 47.9 Å². The Bertz CT molecular complexity index is 1350. The van der Waals surface area contributed by atoms with Crippen LogP contribution in [0.2, 0.25) is 18.6 Å². The first-order valence-corrected chi connectivity index (χ1v) is 17.3. The average Bonchev–Trinajstić information content (AvgIpc) is 3.57. The molecule has 9 nitrogen and oxygen atoms in total. The number of carbonyl (C=O) groups is 3. The number of aliphatic hydroxyl groups excluding tert-OH is 1. The van der Waals surface area contributed by atoms with Crippen LogP contribution in [0.15, 0.2) is 48.5 Å². The summed E-state index contributed by atoms with van der Waals surface area (Å²) in [5.74, 6) is -0.764. The van der Waals surface area contributed by atoms with Crippen LogP contribution in [0.5, 0.6) is 0 Å². The third-order valence-electron chi connectivity index (χ3n) is 9.34. The molecule has 2 aromatic carbocycles. The lowest BCUT2D eigenvalue weighted by Gasteiger charge is -2.33. The topological polar surface area (TPSA) is 111 Å². The van der Waals surface area contributed by atoms with Crippen molar-refractivity contribution in [3.05, 3.63) is 54.1 Å². The first kappa shape index (κ1) is 27.1. The van der Waals surface area contributed by atoms with Gasteiger partial charge < -0.3 is 24.4 Å². The summed E-state index contributed by atoms with van der Waals surface area (Å²) in [6, 6.07) is 14.8. The Morgan fingerprint density at radius 2 is 1.85 bits per heavy atom. The number of likely N-dealkylation sites (tertiary alicyclic amines) is 1. The summed E-state index contributed by atoms with van der Waals surface area (Å²) < 4.78 is 6.83. The minimum absolute atomic E-state index is 0.0303. The Kier molecular flexibility index (Phi) is 6.64. The Morgan fingerprint density at radius 1 is 1.10 bits per heavy atom. The molecular weight excluding hydrogens is 526 g/mol. The van der Waals surface area contributed by atoms with E-state index in [0.717, 1.165) is 12.8 Å². The van der Waals surface area contributed by atoms with Crippen LogP contribution in [0.4, 0.5) is 17.1 Å². The van der Waals surface area contributed by atoms with Gasteiger partial charge in [-0.3, -0.25) is 19.3 Å². The summed E-state index contributed by atoms with van der Waals surface area (Å²) in [5, 5.41) is 9.80. The average molecular weight is 564 g/mol. The van der Waals surface area contributed by atoms with Crippen LogP contribution in [0.25, 0.3) is 0 Å². The summed E-state index contributed by atoms with van der Waals surface area (Å²) in [6.07, 6.45) is 1.45. The third kappa shape index (κ3) is 4.03. The second-order valence-corrected chi connectivity index (χ2v) is 16.1. The number of para-hydroxylation sites is 1. The van der Waals surface area contributed by atoms with E-state index in [4.69, 9.17) is 4.74 Å². The quantitative estimate of drug-likeness (QED) is 0.412. The molecule has 6 rings (SSSR count). The number of amides is 3. The van der Waals surface area contributed by atoms with E-state index in [9.17, 15) is 24.3 Å². The third-order valence-corrected chi connectivity index (χ3v) is 11.8. The van der Waals surface area contributed by atoms with Gasteiger partial charge in [-0.2, -0.15) is 0 Å². The molecule has 0 aliphatic carbocycles. The molecule has 3 fully saturated rings. The molecular formula is C30H37N3O6Si. The lowest BCUT2D eigenvalue weighted by Crippen LogP contribution is -2.45. The predicted octanol–water partition coefficient (Wildman–Crippen LogP) is 3.27. The Balaban J connectivity index is 1.45. The molecule has 0 bridgehead atoms. The fourth-order valence-electron chi connectivity index (χ4n) is 7.42. The van der Waals surface area contributed by atoms with Crippen LogP contribution >= 0.6 is 0 Å². The fraction of sp³-hybridized carbons (Fsp3) is 0.500. The van der Waals surface area contributed by atoms with Crippen molar-refractivity contribution in [2.24, 2.45) is 5.92 Å². The Hall–Kier alpha value is -3.05. The highest BCUT2D eigenvalue weighted by Crippen LogP contribution is 2.61. The number of anilines is 3. The van der Waals surface area contributed by atoms with Crippen molar-refractivity contribution < 1.29 is 29.0 Å². The van der Waals surface area contributed by atoms with E-state index in [2.05, 4.69) is 0 Å². The number of ether oxygens (including phenoxy) is 1. The zero-order chi connectivity index (χ0) is 28.4. The lowest BCUT2D eigenvalue weighted by molar-refractivity contribution is -0.149. The van der Waals surface area contributed by atoms with Crippen LogP contribution in [0.3, 0.4) is 0 Å². The van der Waals surface area contributed by atoms with Crippen molar-refractivity contribution in [1.82, 2.24) is 4.90 Å². The highest BCUT2D eigenvalue weighted by Gasteiger charge is 2.67. The molecule has 0 radical (unpaired) electrons. The number of carbonyl (C=O) groups excluding carboxylic acids is 3. The van der Waals surface area contributed by atoms with Crippen molar-refractivity contribution in [1.29, 1.82) is 0 Å². The van der Waals surface area contributed by atoms with E-state index in [1.165, 1.54) is 0 Å². The standard InChI is InChI=1S/C30H37N3O6Si/c1-19-28(40(2,3)38)25(17-27(36)31-14-7-10-22(31)18-34)39-30(19)23-16-21(32-15-13-26(32)35)11-12-24(23)33(29(30)37)20-8-5-4-6-9-20/h4-6,8-9,11-12,16,19,22,25,28,34,38H,7,10,13-15,17-18H2,1-3H3/t19-,22-,25+,28-,30+/m0/s1. The minimum Gasteiger partial charge on any atom is -0.432 e. The largest absolute Gasteiger partial charge is 0.432 e. The van der Waals surface area contributed by atoms with Crippen molar-refractivity contribution in [3.63, 3.8) is 0 Å². The Labute approximate surface area is 235 Å². The first-order valence-electron chi connectivity index (χ1n) is 14.2. The van der Waals surface area contributed by atoms with Gasteiger partial charge in [-0.1, -0.05) is 25.1 Å². The number of β-lactam (4-membered cyclic amide) rings is 1. The zero-order valence-electron chi connectivity index (χ0n) is 23.2. The van der Waals surface area contributed by atoms with Gasteiger partial charge in [-0.15, -0.1) is 0 Å². The maximum Gasteiger partial charge on any atom is 0.268 e. The van der Waals surface area contributed by atoms with Gasteiger partial charge in [0.05, 0.1) is 30.9 Å². The maximum atomic E-state index is 14.6. The minimum atomic E-state index is -2.95. The van der Waals surface area contributed by atoms with Gasteiger partial charge in [0.2, 0.25) is 11.8 Å². The van der Waals surface area contributed by atoms with Crippen LogP contribution in [-0.2, 0) is 24.7 Å². The number of fused-ring (bicyclic) bond motifs is 2. The van der Waals surface area contributed by atoms with E-state index in [-0.39, 0.29) is 36.8 Å². The molecule has 10 heteroatoms. The number of rotatable bonds is 6. The zero-order valence-corrected chi connectivity index (χ0v) is 24.2. The van der Waals surface area contributed by atoms with Crippen molar-refractivity contribution in [2.75, 3.05) is 29.5 Å². The predicted molar refractivity (Wildman–Crippen MR) is 153 cm³/mol. The van der Waals surface area contributed by atoms with E-state index in [1.54, 1.807) is 14.7 Å². The van der Waals surface area contributed by atoms with Gasteiger partial charge in [0.1, 0.15) is 0 Å². The number of aliphatic hydroxyl groups is 1.